The Bertz CT molecular complexity index is 513. The van der Waals surface area contributed by atoms with Gasteiger partial charge in [0.2, 0.25) is 0 Å². The summed E-state index contributed by atoms with van der Waals surface area (Å²) < 4.78 is 10.8. The lowest BCUT2D eigenvalue weighted by atomic mass is 9.99. The second kappa shape index (κ2) is 5.57. The quantitative estimate of drug-likeness (QED) is 0.851. The summed E-state index contributed by atoms with van der Waals surface area (Å²) in [6.07, 6.45) is 1.89. The Balaban J connectivity index is 3.19. The first-order valence-corrected chi connectivity index (χ1v) is 6.85. The van der Waals surface area contributed by atoms with Crippen LogP contribution in [-0.2, 0) is 11.4 Å². The van der Waals surface area contributed by atoms with E-state index < -0.39 is 16.1 Å². The van der Waals surface area contributed by atoms with Gasteiger partial charge in [-0.1, -0.05) is 6.07 Å². The van der Waals surface area contributed by atoms with Gasteiger partial charge in [-0.3, -0.25) is 0 Å². The van der Waals surface area contributed by atoms with Crippen LogP contribution in [0.5, 0.6) is 0 Å². The van der Waals surface area contributed by atoms with Gasteiger partial charge in [0.1, 0.15) is 0 Å². The third kappa shape index (κ3) is 3.61. The van der Waals surface area contributed by atoms with Crippen molar-refractivity contribution in [2.75, 3.05) is 0 Å². The first kappa shape index (κ1) is 14.8. The molecule has 1 aromatic carbocycles. The molecule has 1 aromatic rings. The van der Waals surface area contributed by atoms with Crippen LogP contribution in [0.3, 0.4) is 0 Å². The number of rotatable bonds is 3. The number of allylic oxidation sites excluding steroid dienone is 1. The van der Waals surface area contributed by atoms with Crippen LogP contribution in [0, 0.1) is 18.3 Å². The van der Waals surface area contributed by atoms with E-state index in [9.17, 15) is 4.55 Å². The van der Waals surface area contributed by atoms with E-state index in [0.717, 1.165) is 16.7 Å². The first-order chi connectivity index (χ1) is 8.26. The summed E-state index contributed by atoms with van der Waals surface area (Å²) in [5.74, 6) is 0. The van der Waals surface area contributed by atoms with E-state index in [4.69, 9.17) is 10.4 Å². The first-order valence-electron chi connectivity index (χ1n) is 5.64. The highest BCUT2D eigenvalue weighted by Crippen LogP contribution is 2.24. The van der Waals surface area contributed by atoms with E-state index in [-0.39, 0.29) is 0 Å². The fraction of sp³-hybridized carbons (Fsp3) is 0.357. The summed E-state index contributed by atoms with van der Waals surface area (Å²) in [7, 11) is 0. The number of hydrogen-bond acceptors (Lipinski definition) is 3. The van der Waals surface area contributed by atoms with Gasteiger partial charge in [-0.05, 0) is 62.6 Å². The molecule has 0 radical (unpaired) electrons. The average Bonchev–Trinajstić information content (AvgIpc) is 2.27. The van der Waals surface area contributed by atoms with Crippen molar-refractivity contribution in [1.29, 1.82) is 5.26 Å². The summed E-state index contributed by atoms with van der Waals surface area (Å²) in [6.45, 7) is 7.54. The van der Waals surface area contributed by atoms with Crippen LogP contribution in [0.1, 0.15) is 37.5 Å². The highest BCUT2D eigenvalue weighted by molar-refractivity contribution is 7.90. The maximum absolute atomic E-state index is 11.4. The zero-order chi connectivity index (χ0) is 13.9. The van der Waals surface area contributed by atoms with Crippen molar-refractivity contribution in [2.45, 2.75) is 32.4 Å². The number of aryl methyl sites for hydroxylation is 1. The smallest absolute Gasteiger partial charge is 0.157 e. The van der Waals surface area contributed by atoms with Crippen molar-refractivity contribution >= 4 is 16.9 Å². The maximum atomic E-state index is 11.4. The fourth-order valence-corrected chi connectivity index (χ4v) is 2.03. The van der Waals surface area contributed by atoms with Crippen molar-refractivity contribution in [2.24, 2.45) is 5.14 Å². The molecule has 3 nitrogen and oxygen atoms in total. The molecule has 0 saturated heterocycles. The van der Waals surface area contributed by atoms with Gasteiger partial charge in [-0.25, -0.2) is 0 Å². The molecule has 2 N–H and O–H groups in total. The lowest BCUT2D eigenvalue weighted by Crippen LogP contribution is -2.36. The number of nitriles is 1. The molecule has 0 heterocycles. The van der Waals surface area contributed by atoms with E-state index in [0.29, 0.717) is 5.56 Å². The molecular formula is C14H18N2OS. The van der Waals surface area contributed by atoms with Crippen molar-refractivity contribution in [3.8, 4) is 6.07 Å². The standard InChI is InChI=1S/C14H18N2OS/c1-10-5-12(9-15)7-13(6-10)11(2)8-14(3,4)18(16)17/h5-8H,16H2,1-4H3. The zero-order valence-corrected chi connectivity index (χ0v) is 12.0. The van der Waals surface area contributed by atoms with E-state index in [1.807, 2.05) is 52.0 Å². The molecule has 1 atom stereocenters. The molecule has 0 aliphatic rings. The minimum atomic E-state index is -1.42. The summed E-state index contributed by atoms with van der Waals surface area (Å²) >= 11 is -1.42. The highest BCUT2D eigenvalue weighted by atomic mass is 32.2. The monoisotopic (exact) mass is 262 g/mol. The lowest BCUT2D eigenvalue weighted by molar-refractivity contribution is 0.573. The summed E-state index contributed by atoms with van der Waals surface area (Å²) in [4.78, 5) is 0. The Labute approximate surface area is 112 Å². The van der Waals surface area contributed by atoms with Crippen LogP contribution in [0.15, 0.2) is 24.3 Å². The van der Waals surface area contributed by atoms with Gasteiger partial charge < -0.3 is 4.55 Å². The predicted octanol–water partition coefficient (Wildman–Crippen LogP) is 2.67. The van der Waals surface area contributed by atoms with Gasteiger partial charge in [0, 0.05) is 11.4 Å². The molecule has 0 aliphatic carbocycles. The van der Waals surface area contributed by atoms with Gasteiger partial charge in [-0.2, -0.15) is 10.4 Å². The van der Waals surface area contributed by atoms with Crippen molar-refractivity contribution in [3.63, 3.8) is 0 Å². The van der Waals surface area contributed by atoms with E-state index >= 15 is 0 Å². The van der Waals surface area contributed by atoms with Gasteiger partial charge in [0.05, 0.1) is 11.6 Å². The molecule has 0 aromatic heterocycles. The Kier molecular flexibility index (Phi) is 4.58. The van der Waals surface area contributed by atoms with Crippen LogP contribution >= 0.6 is 0 Å². The van der Waals surface area contributed by atoms with Crippen LogP contribution < -0.4 is 5.14 Å². The number of hydrogen-bond donors (Lipinski definition) is 1. The summed E-state index contributed by atoms with van der Waals surface area (Å²) in [5, 5.41) is 14.4. The molecule has 4 heteroatoms. The normalized spacial score (nSPS) is 14.2. The number of nitrogens with zero attached hydrogens (tertiary/aromatic N) is 1. The van der Waals surface area contributed by atoms with E-state index in [1.165, 1.54) is 0 Å². The second-order valence-corrected chi connectivity index (χ2v) is 6.57. The van der Waals surface area contributed by atoms with Crippen LogP contribution in [0.2, 0.25) is 0 Å². The van der Waals surface area contributed by atoms with Crippen LogP contribution in [-0.4, -0.2) is 9.30 Å². The molecular weight excluding hydrogens is 244 g/mol. The molecule has 1 rings (SSSR count). The second-order valence-electron chi connectivity index (χ2n) is 4.93. The van der Waals surface area contributed by atoms with E-state index in [2.05, 4.69) is 6.07 Å². The number of benzene rings is 1. The molecule has 0 fully saturated rings. The molecule has 96 valence electrons. The van der Waals surface area contributed by atoms with Gasteiger partial charge >= 0.3 is 0 Å². The van der Waals surface area contributed by atoms with Gasteiger partial charge in [0.25, 0.3) is 0 Å². The lowest BCUT2D eigenvalue weighted by Gasteiger charge is -2.21. The average molecular weight is 262 g/mol. The summed E-state index contributed by atoms with van der Waals surface area (Å²) in [5.41, 5.74) is 3.59. The largest absolute Gasteiger partial charge is 0.598 e. The molecule has 0 aliphatic heterocycles. The maximum Gasteiger partial charge on any atom is 0.157 e. The minimum absolute atomic E-state index is 0.583. The molecule has 0 saturated carbocycles. The summed E-state index contributed by atoms with van der Waals surface area (Å²) in [6, 6.07) is 7.80. The van der Waals surface area contributed by atoms with Crippen LogP contribution in [0.4, 0.5) is 0 Å². The predicted molar refractivity (Wildman–Crippen MR) is 76.0 cm³/mol. The van der Waals surface area contributed by atoms with Gasteiger partial charge in [0.15, 0.2) is 4.75 Å². The Hall–Kier alpha value is -1.28. The van der Waals surface area contributed by atoms with Crippen molar-refractivity contribution in [3.05, 3.63) is 41.0 Å². The fourth-order valence-electron chi connectivity index (χ4n) is 1.74. The SMILES string of the molecule is CC(=CC(C)(C)[S+](N)[O-])c1cc(C)cc(C#N)c1. The Morgan fingerprint density at radius 1 is 1.44 bits per heavy atom. The Morgan fingerprint density at radius 3 is 2.56 bits per heavy atom. The minimum Gasteiger partial charge on any atom is -0.598 e. The van der Waals surface area contributed by atoms with E-state index in [1.54, 1.807) is 0 Å². The van der Waals surface area contributed by atoms with Crippen molar-refractivity contribution in [1.82, 2.24) is 0 Å². The topological polar surface area (TPSA) is 72.9 Å². The van der Waals surface area contributed by atoms with Crippen molar-refractivity contribution < 1.29 is 4.55 Å². The molecule has 0 amide bonds. The third-order valence-corrected chi connectivity index (χ3v) is 3.90. The molecule has 1 unspecified atom stereocenters. The molecule has 18 heavy (non-hydrogen) atoms. The zero-order valence-electron chi connectivity index (χ0n) is 11.2. The Morgan fingerprint density at radius 2 is 2.06 bits per heavy atom. The number of nitrogens with two attached hydrogens (primary N) is 1. The molecule has 0 spiro atoms. The van der Waals surface area contributed by atoms with Gasteiger partial charge in [-0.15, -0.1) is 0 Å². The highest BCUT2D eigenvalue weighted by Gasteiger charge is 2.27. The molecule has 0 bridgehead atoms. The third-order valence-electron chi connectivity index (χ3n) is 2.74. The van der Waals surface area contributed by atoms with Crippen LogP contribution in [0.25, 0.3) is 5.57 Å².